The van der Waals surface area contributed by atoms with Gasteiger partial charge in [0.2, 0.25) is 5.89 Å². The Morgan fingerprint density at radius 2 is 2.28 bits per heavy atom. The molecular formula is C13H10FN3O. The Bertz CT molecular complexity index is 617. The number of hydrogen-bond donors (Lipinski definition) is 0. The molecule has 0 saturated heterocycles. The van der Waals surface area contributed by atoms with Gasteiger partial charge in [0.05, 0.1) is 17.9 Å². The van der Waals surface area contributed by atoms with E-state index in [1.54, 1.807) is 18.2 Å². The fourth-order valence-electron chi connectivity index (χ4n) is 1.91. The lowest BCUT2D eigenvalue weighted by Crippen LogP contribution is -1.94. The van der Waals surface area contributed by atoms with Crippen LogP contribution in [-0.2, 0) is 6.42 Å². The number of hydrogen-bond acceptors (Lipinski definition) is 4. The van der Waals surface area contributed by atoms with Gasteiger partial charge in [0.25, 0.3) is 0 Å². The number of benzene rings is 1. The van der Waals surface area contributed by atoms with Crippen molar-refractivity contribution in [3.8, 4) is 6.07 Å². The van der Waals surface area contributed by atoms with Gasteiger partial charge in [-0.15, -0.1) is 0 Å². The van der Waals surface area contributed by atoms with Crippen molar-refractivity contribution in [2.45, 2.75) is 18.8 Å². The van der Waals surface area contributed by atoms with Crippen molar-refractivity contribution in [2.75, 3.05) is 0 Å². The van der Waals surface area contributed by atoms with Gasteiger partial charge in [-0.1, -0.05) is 23.4 Å². The summed E-state index contributed by atoms with van der Waals surface area (Å²) in [5.41, 5.74) is 0.539. The van der Waals surface area contributed by atoms with Crippen LogP contribution < -0.4 is 0 Å². The lowest BCUT2D eigenvalue weighted by Gasteiger charge is -1.97. The number of rotatable bonds is 3. The van der Waals surface area contributed by atoms with Crippen molar-refractivity contribution in [2.24, 2.45) is 5.92 Å². The molecule has 0 aliphatic heterocycles. The standard InChI is InChI=1S/C13H10FN3O/c14-11-4-2-1-3-8(11)6-12-16-13(18-17-12)10-5-9(10)7-15/h1-4,9-10H,5-6H2. The smallest absolute Gasteiger partial charge is 0.231 e. The molecule has 2 unspecified atom stereocenters. The maximum Gasteiger partial charge on any atom is 0.231 e. The number of nitriles is 1. The van der Waals surface area contributed by atoms with Gasteiger partial charge in [-0.2, -0.15) is 10.2 Å². The van der Waals surface area contributed by atoms with E-state index in [2.05, 4.69) is 16.2 Å². The van der Waals surface area contributed by atoms with Crippen LogP contribution in [0.5, 0.6) is 0 Å². The number of halogens is 1. The van der Waals surface area contributed by atoms with Crippen LogP contribution in [0, 0.1) is 23.1 Å². The van der Waals surface area contributed by atoms with Crippen LogP contribution >= 0.6 is 0 Å². The van der Waals surface area contributed by atoms with Crippen LogP contribution in [0.3, 0.4) is 0 Å². The van der Waals surface area contributed by atoms with Crippen molar-refractivity contribution in [1.29, 1.82) is 5.26 Å². The molecule has 3 rings (SSSR count). The molecule has 1 aromatic heterocycles. The first kappa shape index (κ1) is 10.9. The average molecular weight is 243 g/mol. The van der Waals surface area contributed by atoms with Crippen LogP contribution in [0.2, 0.25) is 0 Å². The quantitative estimate of drug-likeness (QED) is 0.830. The van der Waals surface area contributed by atoms with E-state index < -0.39 is 0 Å². The largest absolute Gasteiger partial charge is 0.339 e. The molecule has 0 amide bonds. The predicted molar refractivity (Wildman–Crippen MR) is 60.0 cm³/mol. The Labute approximate surface area is 103 Å². The maximum atomic E-state index is 13.4. The molecule has 1 saturated carbocycles. The zero-order valence-electron chi connectivity index (χ0n) is 9.51. The summed E-state index contributed by atoms with van der Waals surface area (Å²) in [7, 11) is 0. The molecule has 4 nitrogen and oxygen atoms in total. The molecule has 1 fully saturated rings. The van der Waals surface area contributed by atoms with E-state index in [0.29, 0.717) is 23.7 Å². The van der Waals surface area contributed by atoms with Crippen LogP contribution in [0.4, 0.5) is 4.39 Å². The zero-order chi connectivity index (χ0) is 12.5. The van der Waals surface area contributed by atoms with Crippen molar-refractivity contribution in [1.82, 2.24) is 10.1 Å². The molecule has 0 spiro atoms. The predicted octanol–water partition coefficient (Wildman–Crippen LogP) is 2.43. The summed E-state index contributed by atoms with van der Waals surface area (Å²) in [6.07, 6.45) is 1.08. The third-order valence-corrected chi connectivity index (χ3v) is 3.06. The van der Waals surface area contributed by atoms with Gasteiger partial charge in [0.1, 0.15) is 5.82 Å². The first-order chi connectivity index (χ1) is 8.78. The van der Waals surface area contributed by atoms with Crippen LogP contribution in [0.1, 0.15) is 29.6 Å². The maximum absolute atomic E-state index is 13.4. The highest BCUT2D eigenvalue weighted by atomic mass is 19.1. The van der Waals surface area contributed by atoms with Crippen molar-refractivity contribution >= 4 is 0 Å². The lowest BCUT2D eigenvalue weighted by atomic mass is 10.1. The Kier molecular flexibility index (Phi) is 2.56. The highest BCUT2D eigenvalue weighted by Gasteiger charge is 2.43. The summed E-state index contributed by atoms with van der Waals surface area (Å²) in [6, 6.07) is 8.68. The lowest BCUT2D eigenvalue weighted by molar-refractivity contribution is 0.373. The Morgan fingerprint density at radius 1 is 1.44 bits per heavy atom. The van der Waals surface area contributed by atoms with E-state index in [1.807, 2.05) is 0 Å². The third-order valence-electron chi connectivity index (χ3n) is 3.06. The van der Waals surface area contributed by atoms with Crippen molar-refractivity contribution in [3.63, 3.8) is 0 Å². The molecule has 0 radical (unpaired) electrons. The molecule has 2 atom stereocenters. The highest BCUT2D eigenvalue weighted by Crippen LogP contribution is 2.46. The second kappa shape index (κ2) is 4.22. The van der Waals surface area contributed by atoms with Gasteiger partial charge in [-0.05, 0) is 18.1 Å². The van der Waals surface area contributed by atoms with Crippen LogP contribution in [0.15, 0.2) is 28.8 Å². The molecular weight excluding hydrogens is 233 g/mol. The topological polar surface area (TPSA) is 62.7 Å². The van der Waals surface area contributed by atoms with Gasteiger partial charge in [0, 0.05) is 6.42 Å². The Hall–Kier alpha value is -2.22. The van der Waals surface area contributed by atoms with Gasteiger partial charge >= 0.3 is 0 Å². The summed E-state index contributed by atoms with van der Waals surface area (Å²) in [5, 5.41) is 12.5. The first-order valence-electron chi connectivity index (χ1n) is 5.73. The molecule has 1 aliphatic carbocycles. The fraction of sp³-hybridized carbons (Fsp3) is 0.308. The molecule has 5 heteroatoms. The number of aromatic nitrogens is 2. The average Bonchev–Trinajstić information content (AvgIpc) is 3.04. The molecule has 1 heterocycles. The first-order valence-corrected chi connectivity index (χ1v) is 5.73. The number of nitrogens with zero attached hydrogens (tertiary/aromatic N) is 3. The van der Waals surface area contributed by atoms with Crippen LogP contribution in [0.25, 0.3) is 0 Å². The van der Waals surface area contributed by atoms with E-state index in [4.69, 9.17) is 9.78 Å². The SMILES string of the molecule is N#CC1CC1c1nc(Cc2ccccc2F)no1. The molecule has 1 aromatic carbocycles. The van der Waals surface area contributed by atoms with E-state index in [1.165, 1.54) is 6.07 Å². The minimum absolute atomic E-state index is 0.00763. The summed E-state index contributed by atoms with van der Waals surface area (Å²) >= 11 is 0. The third kappa shape index (κ3) is 1.97. The monoisotopic (exact) mass is 243 g/mol. The second-order valence-corrected chi connectivity index (χ2v) is 4.39. The van der Waals surface area contributed by atoms with Crippen molar-refractivity contribution < 1.29 is 8.91 Å². The van der Waals surface area contributed by atoms with Crippen molar-refractivity contribution in [3.05, 3.63) is 47.4 Å². The van der Waals surface area contributed by atoms with Crippen LogP contribution in [-0.4, -0.2) is 10.1 Å². The molecule has 18 heavy (non-hydrogen) atoms. The zero-order valence-corrected chi connectivity index (χ0v) is 9.51. The van der Waals surface area contributed by atoms with E-state index in [-0.39, 0.29) is 17.7 Å². The summed E-state index contributed by atoms with van der Waals surface area (Å²) in [4.78, 5) is 4.21. The Morgan fingerprint density at radius 3 is 3.00 bits per heavy atom. The van der Waals surface area contributed by atoms with Gasteiger partial charge in [-0.3, -0.25) is 0 Å². The molecule has 0 N–H and O–H groups in total. The van der Waals surface area contributed by atoms with E-state index in [0.717, 1.165) is 6.42 Å². The fourth-order valence-corrected chi connectivity index (χ4v) is 1.91. The second-order valence-electron chi connectivity index (χ2n) is 4.39. The normalized spacial score (nSPS) is 21.6. The molecule has 2 aromatic rings. The summed E-state index contributed by atoms with van der Waals surface area (Å²) in [6.45, 7) is 0. The van der Waals surface area contributed by atoms with E-state index >= 15 is 0 Å². The minimum Gasteiger partial charge on any atom is -0.339 e. The van der Waals surface area contributed by atoms with Gasteiger partial charge in [0.15, 0.2) is 5.82 Å². The molecule has 90 valence electrons. The molecule has 0 bridgehead atoms. The summed E-state index contributed by atoms with van der Waals surface area (Å²) < 4.78 is 18.5. The summed E-state index contributed by atoms with van der Waals surface area (Å²) in [5.74, 6) is 0.736. The van der Waals surface area contributed by atoms with Gasteiger partial charge in [-0.25, -0.2) is 4.39 Å². The highest BCUT2D eigenvalue weighted by molar-refractivity contribution is 5.21. The molecule has 1 aliphatic rings. The van der Waals surface area contributed by atoms with E-state index in [9.17, 15) is 4.39 Å². The van der Waals surface area contributed by atoms with Gasteiger partial charge < -0.3 is 4.52 Å². The Balaban J connectivity index is 1.75. The minimum atomic E-state index is -0.273.